The molecule has 0 bridgehead atoms. The number of rotatable bonds is 15. The van der Waals surface area contributed by atoms with Gasteiger partial charge in [-0.05, 0) is 12.0 Å². The van der Waals surface area contributed by atoms with Crippen LogP contribution in [0, 0.1) is 0 Å². The van der Waals surface area contributed by atoms with Gasteiger partial charge in [-0.25, -0.2) is 0 Å². The van der Waals surface area contributed by atoms with Crippen molar-refractivity contribution in [2.75, 3.05) is 0 Å². The fraction of sp³-hybridized carbons (Fsp3) is 0.696. The van der Waals surface area contributed by atoms with E-state index in [4.69, 9.17) is 4.74 Å². The van der Waals surface area contributed by atoms with Gasteiger partial charge in [0.2, 0.25) is 0 Å². The van der Waals surface area contributed by atoms with E-state index in [1.807, 2.05) is 18.2 Å². The lowest BCUT2D eigenvalue weighted by Gasteiger charge is -2.35. The molecule has 1 N–H and O–H groups in total. The number of ether oxygens (including phenoxy) is 1. The molecule has 1 fully saturated rings. The number of carbonyl (C=O) groups is 1. The summed E-state index contributed by atoms with van der Waals surface area (Å²) >= 11 is 1.63. The van der Waals surface area contributed by atoms with Crippen molar-refractivity contribution in [2.45, 2.75) is 101 Å². The minimum atomic E-state index is -0.354. The number of aliphatic hydroxyl groups is 1. The molecule has 0 radical (unpaired) electrons. The summed E-state index contributed by atoms with van der Waals surface area (Å²) in [5.74, 6) is 0.682. The molecule has 1 heterocycles. The van der Waals surface area contributed by atoms with Gasteiger partial charge in [0.25, 0.3) is 0 Å². The molecule has 0 aromatic heterocycles. The lowest BCUT2D eigenvalue weighted by atomic mass is 9.99. The van der Waals surface area contributed by atoms with Crippen LogP contribution in [0.2, 0.25) is 0 Å². The minimum absolute atomic E-state index is 0.122. The highest BCUT2D eigenvalue weighted by molar-refractivity contribution is 8.00. The Morgan fingerprint density at radius 3 is 2.26 bits per heavy atom. The van der Waals surface area contributed by atoms with Gasteiger partial charge in [0.1, 0.15) is 11.4 Å². The molecule has 3 nitrogen and oxygen atoms in total. The van der Waals surface area contributed by atoms with Crippen molar-refractivity contribution < 1.29 is 14.6 Å². The molecule has 0 spiro atoms. The summed E-state index contributed by atoms with van der Waals surface area (Å²) in [5.41, 5.74) is 1.22. The van der Waals surface area contributed by atoms with Crippen LogP contribution in [0.3, 0.4) is 0 Å². The number of cyclic esters (lactones) is 1. The zero-order valence-corrected chi connectivity index (χ0v) is 17.6. The van der Waals surface area contributed by atoms with Gasteiger partial charge in [-0.1, -0.05) is 95.0 Å². The van der Waals surface area contributed by atoms with Gasteiger partial charge in [-0.15, -0.1) is 11.8 Å². The van der Waals surface area contributed by atoms with Crippen LogP contribution in [0.15, 0.2) is 30.3 Å². The lowest BCUT2D eigenvalue weighted by Crippen LogP contribution is -2.49. The van der Waals surface area contributed by atoms with Gasteiger partial charge in [-0.3, -0.25) is 4.79 Å². The van der Waals surface area contributed by atoms with Crippen LogP contribution < -0.4 is 0 Å². The SMILES string of the molecule is CCCCCCCCCCCC(O)C[C@@H]1OC(=O)[C@@H]1SCc1ccccc1. The highest BCUT2D eigenvalue weighted by atomic mass is 32.2. The number of aliphatic hydroxyl groups excluding tert-OH is 1. The lowest BCUT2D eigenvalue weighted by molar-refractivity contribution is -0.169. The van der Waals surface area contributed by atoms with Crippen molar-refractivity contribution in [3.63, 3.8) is 0 Å². The van der Waals surface area contributed by atoms with Gasteiger partial charge < -0.3 is 9.84 Å². The van der Waals surface area contributed by atoms with E-state index in [1.165, 1.54) is 56.9 Å². The number of benzene rings is 1. The number of unbranched alkanes of at least 4 members (excludes halogenated alkanes) is 8. The van der Waals surface area contributed by atoms with E-state index in [0.29, 0.717) is 6.42 Å². The number of thioether (sulfide) groups is 1. The summed E-state index contributed by atoms with van der Waals surface area (Å²) in [6, 6.07) is 10.2. The first-order chi connectivity index (χ1) is 13.2. The molecule has 2 rings (SSSR count). The normalized spacial score (nSPS) is 20.1. The molecular formula is C23H36O3S. The van der Waals surface area contributed by atoms with E-state index in [0.717, 1.165) is 18.6 Å². The van der Waals surface area contributed by atoms with Crippen molar-refractivity contribution in [1.82, 2.24) is 0 Å². The largest absolute Gasteiger partial charge is 0.460 e. The zero-order chi connectivity index (χ0) is 19.3. The molecule has 0 amide bonds. The van der Waals surface area contributed by atoms with Crippen molar-refractivity contribution in [1.29, 1.82) is 0 Å². The molecule has 1 aliphatic rings. The average Bonchev–Trinajstić information content (AvgIpc) is 2.67. The fourth-order valence-corrected chi connectivity index (χ4v) is 4.68. The third-order valence-corrected chi connectivity index (χ3v) is 6.61. The Morgan fingerprint density at radius 1 is 1.00 bits per heavy atom. The maximum atomic E-state index is 11.7. The molecule has 1 aromatic carbocycles. The maximum absolute atomic E-state index is 11.7. The van der Waals surface area contributed by atoms with E-state index in [9.17, 15) is 9.90 Å². The quantitative estimate of drug-likeness (QED) is 0.299. The van der Waals surface area contributed by atoms with E-state index >= 15 is 0 Å². The molecule has 152 valence electrons. The predicted octanol–water partition coefficient (Wildman–Crippen LogP) is 5.89. The summed E-state index contributed by atoms with van der Waals surface area (Å²) in [4.78, 5) is 11.7. The van der Waals surface area contributed by atoms with Crippen molar-refractivity contribution in [3.05, 3.63) is 35.9 Å². The van der Waals surface area contributed by atoms with Gasteiger partial charge >= 0.3 is 5.97 Å². The van der Waals surface area contributed by atoms with Gasteiger partial charge in [0.15, 0.2) is 0 Å². The Balaban J connectivity index is 1.52. The molecule has 4 heteroatoms. The highest BCUT2D eigenvalue weighted by Gasteiger charge is 2.43. The number of esters is 1. The monoisotopic (exact) mass is 392 g/mol. The van der Waals surface area contributed by atoms with Crippen LogP contribution >= 0.6 is 11.8 Å². The Labute approximate surface area is 169 Å². The summed E-state index contributed by atoms with van der Waals surface area (Å²) in [6.45, 7) is 2.25. The van der Waals surface area contributed by atoms with Crippen LogP contribution in [0.25, 0.3) is 0 Å². The van der Waals surface area contributed by atoms with Crippen molar-refractivity contribution in [3.8, 4) is 0 Å². The molecule has 1 aliphatic heterocycles. The second-order valence-electron chi connectivity index (χ2n) is 7.70. The van der Waals surface area contributed by atoms with E-state index in [1.54, 1.807) is 11.8 Å². The average molecular weight is 393 g/mol. The molecule has 0 saturated carbocycles. The highest BCUT2D eigenvalue weighted by Crippen LogP contribution is 2.33. The Morgan fingerprint density at radius 2 is 1.63 bits per heavy atom. The zero-order valence-electron chi connectivity index (χ0n) is 16.8. The van der Waals surface area contributed by atoms with Crippen LogP contribution in [0.1, 0.15) is 83.1 Å². The molecule has 3 atom stereocenters. The smallest absolute Gasteiger partial charge is 0.323 e. The summed E-state index contributed by atoms with van der Waals surface area (Å²) in [5, 5.41) is 10.2. The molecule has 27 heavy (non-hydrogen) atoms. The van der Waals surface area contributed by atoms with E-state index in [2.05, 4.69) is 19.1 Å². The van der Waals surface area contributed by atoms with Crippen LogP contribution in [-0.2, 0) is 15.3 Å². The van der Waals surface area contributed by atoms with Crippen LogP contribution in [-0.4, -0.2) is 28.5 Å². The number of carbonyl (C=O) groups excluding carboxylic acids is 1. The maximum Gasteiger partial charge on any atom is 0.323 e. The van der Waals surface area contributed by atoms with Crippen molar-refractivity contribution in [2.24, 2.45) is 0 Å². The molecule has 1 saturated heterocycles. The number of hydrogen-bond donors (Lipinski definition) is 1. The summed E-state index contributed by atoms with van der Waals surface area (Å²) in [6.07, 6.45) is 12.5. The molecule has 0 aliphatic carbocycles. The van der Waals surface area contributed by atoms with Crippen LogP contribution in [0.5, 0.6) is 0 Å². The molecule has 1 aromatic rings. The molecular weight excluding hydrogens is 356 g/mol. The second kappa shape index (κ2) is 13.2. The first-order valence-corrected chi connectivity index (χ1v) is 11.8. The van der Waals surface area contributed by atoms with Gasteiger partial charge in [0, 0.05) is 12.2 Å². The third-order valence-electron chi connectivity index (χ3n) is 5.26. The second-order valence-corrected chi connectivity index (χ2v) is 8.83. The Bertz CT molecular complexity index is 520. The number of hydrogen-bond acceptors (Lipinski definition) is 4. The fourth-order valence-electron chi connectivity index (χ4n) is 3.54. The Hall–Kier alpha value is -1.00. The summed E-state index contributed by atoms with van der Waals surface area (Å²) in [7, 11) is 0. The third kappa shape index (κ3) is 8.69. The first kappa shape index (κ1) is 22.3. The standard InChI is InChI=1S/C23H36O3S/c1-2-3-4-5-6-7-8-9-13-16-20(24)17-21-22(23(25)26-21)27-18-19-14-11-10-12-15-19/h10-12,14-15,20-22,24H,2-9,13,16-18H2,1H3/t20?,21-,22+/m0/s1. The van der Waals surface area contributed by atoms with E-state index in [-0.39, 0.29) is 23.4 Å². The predicted molar refractivity (Wildman–Crippen MR) is 114 cm³/mol. The van der Waals surface area contributed by atoms with Gasteiger partial charge in [-0.2, -0.15) is 0 Å². The topological polar surface area (TPSA) is 46.5 Å². The minimum Gasteiger partial charge on any atom is -0.460 e. The Kier molecular flexibility index (Phi) is 10.9. The molecule has 1 unspecified atom stereocenters. The summed E-state index contributed by atoms with van der Waals surface area (Å²) < 4.78 is 5.28. The van der Waals surface area contributed by atoms with Crippen LogP contribution in [0.4, 0.5) is 0 Å². The van der Waals surface area contributed by atoms with Crippen molar-refractivity contribution >= 4 is 17.7 Å². The van der Waals surface area contributed by atoms with Gasteiger partial charge in [0.05, 0.1) is 6.10 Å². The van der Waals surface area contributed by atoms with E-state index < -0.39 is 0 Å². The first-order valence-electron chi connectivity index (χ1n) is 10.7.